The number of carbonyl (C=O) groups is 1. The predicted octanol–water partition coefficient (Wildman–Crippen LogP) is 1.88. The number of nitrogens with two attached hydrogens (primary N) is 1. The minimum atomic E-state index is -5.08. The van der Waals surface area contributed by atoms with Gasteiger partial charge in [-0.15, -0.1) is 0 Å². The number of carboxylic acids is 1. The van der Waals surface area contributed by atoms with E-state index >= 15 is 0 Å². The fourth-order valence-corrected chi connectivity index (χ4v) is 2.29. The van der Waals surface area contributed by atoms with E-state index in [2.05, 4.69) is 9.97 Å². The standard InChI is InChI=1S/C13H16N4O2S.C2HF3O2/c1-8-5-9(12(19-2)15-7-8)10-6-11(18)16-13(20)17(10)4-3-14;3-2(4,5)1(6)7/h5-7H,3-4,14H2,1-2H3,(H,16,18,20);(H,6,7). The zero-order chi connectivity index (χ0) is 20.8. The molecule has 0 aliphatic rings. The van der Waals surface area contributed by atoms with Crippen molar-refractivity contribution in [1.29, 1.82) is 0 Å². The van der Waals surface area contributed by atoms with Crippen LogP contribution < -0.4 is 16.0 Å². The highest BCUT2D eigenvalue weighted by Gasteiger charge is 2.38. The Hall–Kier alpha value is -2.73. The minimum Gasteiger partial charge on any atom is -0.481 e. The van der Waals surface area contributed by atoms with E-state index < -0.39 is 12.1 Å². The minimum absolute atomic E-state index is 0.262. The molecule has 4 N–H and O–H groups in total. The highest BCUT2D eigenvalue weighted by molar-refractivity contribution is 7.71. The number of ether oxygens (including phenoxy) is 1. The van der Waals surface area contributed by atoms with Gasteiger partial charge in [0.1, 0.15) is 0 Å². The van der Waals surface area contributed by atoms with E-state index in [-0.39, 0.29) is 5.56 Å². The molecule has 2 aromatic rings. The van der Waals surface area contributed by atoms with Crippen molar-refractivity contribution >= 4 is 18.2 Å². The second kappa shape index (κ2) is 9.28. The summed E-state index contributed by atoms with van der Waals surface area (Å²) >= 11 is 5.20. The number of aromatic nitrogens is 3. The van der Waals surface area contributed by atoms with E-state index in [1.165, 1.54) is 13.2 Å². The van der Waals surface area contributed by atoms with E-state index in [0.29, 0.717) is 29.4 Å². The Morgan fingerprint density at radius 2 is 2.04 bits per heavy atom. The lowest BCUT2D eigenvalue weighted by molar-refractivity contribution is -0.192. The third-order valence-electron chi connectivity index (χ3n) is 3.09. The van der Waals surface area contributed by atoms with E-state index in [0.717, 1.165) is 11.1 Å². The molecule has 2 rings (SSSR count). The molecule has 0 aliphatic heterocycles. The van der Waals surface area contributed by atoms with Crippen molar-refractivity contribution in [2.24, 2.45) is 5.73 Å². The van der Waals surface area contributed by atoms with Crippen LogP contribution in [-0.4, -0.2) is 45.4 Å². The number of aromatic amines is 1. The van der Waals surface area contributed by atoms with E-state index in [1.54, 1.807) is 10.8 Å². The maximum absolute atomic E-state index is 11.7. The molecule has 0 atom stereocenters. The van der Waals surface area contributed by atoms with Crippen LogP contribution in [0.5, 0.6) is 5.88 Å². The van der Waals surface area contributed by atoms with Gasteiger partial charge in [0.2, 0.25) is 5.88 Å². The molecule has 8 nitrogen and oxygen atoms in total. The molecule has 0 saturated carbocycles. The summed E-state index contributed by atoms with van der Waals surface area (Å²) in [5.74, 6) is -2.31. The number of carboxylic acid groups (broad SMARTS) is 1. The third kappa shape index (κ3) is 6.18. The van der Waals surface area contributed by atoms with Gasteiger partial charge in [-0.25, -0.2) is 9.78 Å². The number of methoxy groups -OCH3 is 1. The Morgan fingerprint density at radius 1 is 1.44 bits per heavy atom. The fourth-order valence-electron chi connectivity index (χ4n) is 2.00. The van der Waals surface area contributed by atoms with Gasteiger partial charge < -0.3 is 20.1 Å². The Bertz CT molecular complexity index is 924. The van der Waals surface area contributed by atoms with Crippen LogP contribution in [0, 0.1) is 11.7 Å². The van der Waals surface area contributed by atoms with E-state index in [9.17, 15) is 18.0 Å². The summed E-state index contributed by atoms with van der Waals surface area (Å²) in [6.07, 6.45) is -3.38. The van der Waals surface area contributed by atoms with Gasteiger partial charge in [-0.1, -0.05) is 0 Å². The number of pyridine rings is 1. The van der Waals surface area contributed by atoms with Crippen LogP contribution in [0.2, 0.25) is 0 Å². The lowest BCUT2D eigenvalue weighted by atomic mass is 10.1. The van der Waals surface area contributed by atoms with Crippen LogP contribution >= 0.6 is 12.2 Å². The quantitative estimate of drug-likeness (QED) is 0.663. The molecule has 2 aromatic heterocycles. The van der Waals surface area contributed by atoms with E-state index in [4.69, 9.17) is 32.6 Å². The average Bonchev–Trinajstić information content (AvgIpc) is 2.56. The summed E-state index contributed by atoms with van der Waals surface area (Å²) in [6, 6.07) is 3.38. The molecule has 148 valence electrons. The summed E-state index contributed by atoms with van der Waals surface area (Å²) < 4.78 is 39.1. The van der Waals surface area contributed by atoms with E-state index in [1.807, 2.05) is 13.0 Å². The van der Waals surface area contributed by atoms with Crippen molar-refractivity contribution < 1.29 is 27.8 Å². The third-order valence-corrected chi connectivity index (χ3v) is 3.41. The largest absolute Gasteiger partial charge is 0.490 e. The van der Waals surface area contributed by atoms with Gasteiger partial charge in [-0.3, -0.25) is 9.78 Å². The highest BCUT2D eigenvalue weighted by atomic mass is 32.1. The first-order valence-corrected chi connectivity index (χ1v) is 7.77. The summed E-state index contributed by atoms with van der Waals surface area (Å²) in [5, 5.41) is 7.12. The van der Waals surface area contributed by atoms with Crippen LogP contribution in [0.25, 0.3) is 11.3 Å². The van der Waals surface area contributed by atoms with Crippen molar-refractivity contribution in [3.63, 3.8) is 0 Å². The lowest BCUT2D eigenvalue weighted by Gasteiger charge is -2.15. The van der Waals surface area contributed by atoms with Crippen LogP contribution in [0.15, 0.2) is 23.1 Å². The first-order valence-electron chi connectivity index (χ1n) is 7.36. The Labute approximate surface area is 156 Å². The number of aliphatic carboxylic acids is 1. The van der Waals surface area contributed by atoms with Gasteiger partial charge in [0.15, 0.2) is 4.77 Å². The number of hydrogen-bond acceptors (Lipinski definition) is 6. The van der Waals surface area contributed by atoms with Crippen molar-refractivity contribution in [2.45, 2.75) is 19.6 Å². The molecule has 0 amide bonds. The first kappa shape index (κ1) is 22.3. The Morgan fingerprint density at radius 3 is 2.52 bits per heavy atom. The molecular formula is C15H17F3N4O4S. The second-order valence-electron chi connectivity index (χ2n) is 5.14. The molecule has 27 heavy (non-hydrogen) atoms. The van der Waals surface area contributed by atoms with Gasteiger partial charge in [-0.05, 0) is 30.8 Å². The monoisotopic (exact) mass is 406 g/mol. The van der Waals surface area contributed by atoms with Crippen LogP contribution in [0.3, 0.4) is 0 Å². The summed E-state index contributed by atoms with van der Waals surface area (Å²) in [6.45, 7) is 2.84. The average molecular weight is 406 g/mol. The van der Waals surface area contributed by atoms with Crippen molar-refractivity contribution in [1.82, 2.24) is 14.5 Å². The van der Waals surface area contributed by atoms with Gasteiger partial charge >= 0.3 is 12.1 Å². The summed E-state index contributed by atoms with van der Waals surface area (Å²) in [5.41, 5.74) is 7.68. The Balaban J connectivity index is 0.000000445. The maximum Gasteiger partial charge on any atom is 0.490 e. The van der Waals surface area contributed by atoms with Crippen molar-refractivity contribution in [2.75, 3.05) is 13.7 Å². The van der Waals surface area contributed by atoms with Crippen LogP contribution in [0.1, 0.15) is 5.56 Å². The predicted molar refractivity (Wildman–Crippen MR) is 93.2 cm³/mol. The van der Waals surface area contributed by atoms with Gasteiger partial charge in [0.25, 0.3) is 5.56 Å². The number of H-pyrrole nitrogens is 1. The fraction of sp³-hybridized carbons (Fsp3) is 0.333. The number of hydrogen-bond donors (Lipinski definition) is 3. The molecular weight excluding hydrogens is 389 g/mol. The molecule has 0 saturated heterocycles. The summed E-state index contributed by atoms with van der Waals surface area (Å²) in [7, 11) is 1.54. The normalized spacial score (nSPS) is 10.7. The lowest BCUT2D eigenvalue weighted by Crippen LogP contribution is -2.21. The molecule has 0 fully saturated rings. The molecule has 12 heteroatoms. The number of halogens is 3. The smallest absolute Gasteiger partial charge is 0.481 e. The van der Waals surface area contributed by atoms with Gasteiger partial charge in [-0.2, -0.15) is 13.2 Å². The zero-order valence-corrected chi connectivity index (χ0v) is 15.1. The molecule has 0 radical (unpaired) electrons. The SMILES string of the molecule is COc1ncc(C)cc1-c1cc(=O)[nH]c(=S)n1CCN.O=C(O)C(F)(F)F. The topological polar surface area (TPSA) is 123 Å². The van der Waals surface area contributed by atoms with Crippen molar-refractivity contribution in [3.8, 4) is 17.1 Å². The van der Waals surface area contributed by atoms with Crippen LogP contribution in [-0.2, 0) is 11.3 Å². The number of alkyl halides is 3. The molecule has 0 aromatic carbocycles. The molecule has 0 bridgehead atoms. The number of rotatable bonds is 4. The first-order chi connectivity index (χ1) is 12.5. The highest BCUT2D eigenvalue weighted by Crippen LogP contribution is 2.27. The number of nitrogens with zero attached hydrogens (tertiary/aromatic N) is 2. The van der Waals surface area contributed by atoms with Crippen molar-refractivity contribution in [3.05, 3.63) is 39.0 Å². The molecule has 2 heterocycles. The molecule has 0 spiro atoms. The van der Waals surface area contributed by atoms with Gasteiger partial charge in [0, 0.05) is 25.4 Å². The Kier molecular flexibility index (Phi) is 7.67. The zero-order valence-electron chi connectivity index (χ0n) is 14.3. The molecule has 0 unspecified atom stereocenters. The molecule has 0 aliphatic carbocycles. The number of aryl methyl sites for hydroxylation is 1. The summed E-state index contributed by atoms with van der Waals surface area (Å²) in [4.78, 5) is 27.4. The maximum atomic E-state index is 11.7. The van der Waals surface area contributed by atoms with Crippen LogP contribution in [0.4, 0.5) is 13.2 Å². The van der Waals surface area contributed by atoms with Gasteiger partial charge in [0.05, 0.1) is 18.4 Å². The number of nitrogens with one attached hydrogen (secondary N) is 1. The second-order valence-corrected chi connectivity index (χ2v) is 5.52.